The predicted molar refractivity (Wildman–Crippen MR) is 117 cm³/mol. The van der Waals surface area contributed by atoms with Crippen LogP contribution in [0.15, 0.2) is 79.6 Å². The maximum absolute atomic E-state index is 11.7. The number of amides is 1. The molecule has 1 unspecified atom stereocenters. The first-order valence-corrected chi connectivity index (χ1v) is 9.79. The molecule has 1 fully saturated rings. The number of hydrogen-bond acceptors (Lipinski definition) is 6. The first-order valence-electron chi connectivity index (χ1n) is 9.79. The Hall–Kier alpha value is -3.87. The number of para-hydroxylation sites is 1. The molecule has 1 amide bonds. The molecule has 30 heavy (non-hydrogen) atoms. The van der Waals surface area contributed by atoms with E-state index in [4.69, 9.17) is 4.74 Å². The molecule has 7 nitrogen and oxygen atoms in total. The lowest BCUT2D eigenvalue weighted by Crippen LogP contribution is -2.30. The van der Waals surface area contributed by atoms with Gasteiger partial charge in [-0.2, -0.15) is 0 Å². The highest BCUT2D eigenvalue weighted by molar-refractivity contribution is 5.87. The van der Waals surface area contributed by atoms with E-state index in [2.05, 4.69) is 27.2 Å². The summed E-state index contributed by atoms with van der Waals surface area (Å²) in [5.74, 6) is 2.92. The fourth-order valence-corrected chi connectivity index (χ4v) is 3.30. The van der Waals surface area contributed by atoms with Gasteiger partial charge in [-0.05, 0) is 48.9 Å². The number of carbonyl (C=O) groups excluding carboxylic acids is 1. The summed E-state index contributed by atoms with van der Waals surface area (Å²) >= 11 is 0. The van der Waals surface area contributed by atoms with Crippen LogP contribution in [0.2, 0.25) is 0 Å². The number of nitrogens with one attached hydrogen (secondary N) is 2. The van der Waals surface area contributed by atoms with Crippen molar-refractivity contribution in [2.24, 2.45) is 0 Å². The van der Waals surface area contributed by atoms with Crippen LogP contribution in [0.3, 0.4) is 0 Å². The largest absolute Gasteiger partial charge is 0.457 e. The summed E-state index contributed by atoms with van der Waals surface area (Å²) in [6, 6.07) is 19.3. The lowest BCUT2D eigenvalue weighted by Gasteiger charge is -2.16. The fraction of sp³-hybridized carbons (Fsp3) is 0.174. The maximum Gasteiger partial charge on any atom is 0.246 e. The molecule has 0 saturated carbocycles. The van der Waals surface area contributed by atoms with Gasteiger partial charge in [0, 0.05) is 30.9 Å². The molecule has 152 valence electrons. The lowest BCUT2D eigenvalue weighted by molar-refractivity contribution is -0.125. The smallest absolute Gasteiger partial charge is 0.246 e. The van der Waals surface area contributed by atoms with Crippen LogP contribution >= 0.6 is 0 Å². The lowest BCUT2D eigenvalue weighted by atomic mass is 10.2. The van der Waals surface area contributed by atoms with Gasteiger partial charge in [0.1, 0.15) is 29.5 Å². The predicted octanol–water partition coefficient (Wildman–Crippen LogP) is 4.21. The van der Waals surface area contributed by atoms with E-state index in [1.165, 1.54) is 12.4 Å². The SMILES string of the molecule is C=CC(=O)N1CCC(Nc2cc(Nc3ccc(Oc4ccccc4)cc3)ncn2)C1. The topological polar surface area (TPSA) is 79.4 Å². The number of rotatable bonds is 7. The molecular weight excluding hydrogens is 378 g/mol. The molecular formula is C23H23N5O2. The Morgan fingerprint density at radius 3 is 2.57 bits per heavy atom. The first kappa shape index (κ1) is 19.4. The summed E-state index contributed by atoms with van der Waals surface area (Å²) < 4.78 is 5.81. The Bertz CT molecular complexity index is 1010. The summed E-state index contributed by atoms with van der Waals surface area (Å²) in [6.07, 6.45) is 3.74. The van der Waals surface area contributed by atoms with Crippen molar-refractivity contribution in [1.29, 1.82) is 0 Å². The van der Waals surface area contributed by atoms with Gasteiger partial charge in [0.15, 0.2) is 0 Å². The van der Waals surface area contributed by atoms with Crippen LogP contribution < -0.4 is 15.4 Å². The van der Waals surface area contributed by atoms with Gasteiger partial charge in [-0.3, -0.25) is 4.79 Å². The molecule has 1 aliphatic rings. The zero-order valence-corrected chi connectivity index (χ0v) is 16.5. The molecule has 0 bridgehead atoms. The van der Waals surface area contributed by atoms with Gasteiger partial charge in [-0.15, -0.1) is 0 Å². The Balaban J connectivity index is 1.35. The zero-order valence-electron chi connectivity index (χ0n) is 16.5. The number of hydrogen-bond donors (Lipinski definition) is 2. The highest BCUT2D eigenvalue weighted by Gasteiger charge is 2.24. The minimum Gasteiger partial charge on any atom is -0.457 e. The van der Waals surface area contributed by atoms with Crippen molar-refractivity contribution in [2.75, 3.05) is 23.7 Å². The van der Waals surface area contributed by atoms with Crippen molar-refractivity contribution in [3.8, 4) is 11.5 Å². The van der Waals surface area contributed by atoms with Gasteiger partial charge >= 0.3 is 0 Å². The van der Waals surface area contributed by atoms with Gasteiger partial charge in [-0.1, -0.05) is 24.8 Å². The van der Waals surface area contributed by atoms with E-state index in [-0.39, 0.29) is 11.9 Å². The number of benzene rings is 2. The van der Waals surface area contributed by atoms with Gasteiger partial charge < -0.3 is 20.3 Å². The summed E-state index contributed by atoms with van der Waals surface area (Å²) in [7, 11) is 0. The third-order valence-corrected chi connectivity index (χ3v) is 4.80. The van der Waals surface area contributed by atoms with Gasteiger partial charge in [0.25, 0.3) is 0 Å². The monoisotopic (exact) mass is 401 g/mol. The molecule has 1 aliphatic heterocycles. The van der Waals surface area contributed by atoms with Crippen LogP contribution in [0.4, 0.5) is 17.3 Å². The highest BCUT2D eigenvalue weighted by Crippen LogP contribution is 2.24. The highest BCUT2D eigenvalue weighted by atomic mass is 16.5. The Morgan fingerprint density at radius 2 is 1.80 bits per heavy atom. The minimum atomic E-state index is -0.0379. The van der Waals surface area contributed by atoms with Crippen LogP contribution in [0, 0.1) is 0 Å². The second-order valence-electron chi connectivity index (χ2n) is 6.97. The Morgan fingerprint density at radius 1 is 1.07 bits per heavy atom. The van der Waals surface area contributed by atoms with Crippen molar-refractivity contribution >= 4 is 23.2 Å². The molecule has 0 aliphatic carbocycles. The first-order chi connectivity index (χ1) is 14.7. The number of likely N-dealkylation sites (tertiary alicyclic amines) is 1. The normalized spacial score (nSPS) is 15.5. The van der Waals surface area contributed by atoms with Crippen LogP contribution in [-0.4, -0.2) is 39.9 Å². The summed E-state index contributed by atoms with van der Waals surface area (Å²) in [5, 5.41) is 6.65. The van der Waals surface area contributed by atoms with Crippen molar-refractivity contribution in [3.63, 3.8) is 0 Å². The second-order valence-corrected chi connectivity index (χ2v) is 6.97. The van der Waals surface area contributed by atoms with E-state index in [1.54, 1.807) is 4.90 Å². The van der Waals surface area contributed by atoms with Crippen LogP contribution in [0.25, 0.3) is 0 Å². The zero-order chi connectivity index (χ0) is 20.8. The summed E-state index contributed by atoms with van der Waals surface area (Å²) in [6.45, 7) is 4.90. The van der Waals surface area contributed by atoms with Crippen molar-refractivity contribution in [2.45, 2.75) is 12.5 Å². The average Bonchev–Trinajstić information content (AvgIpc) is 3.24. The molecule has 1 aromatic heterocycles. The molecule has 7 heteroatoms. The number of nitrogens with zero attached hydrogens (tertiary/aromatic N) is 3. The average molecular weight is 401 g/mol. The number of anilines is 3. The molecule has 1 saturated heterocycles. The van der Waals surface area contributed by atoms with Crippen LogP contribution in [-0.2, 0) is 4.79 Å². The molecule has 0 spiro atoms. The Labute approximate surface area is 175 Å². The standard InChI is InChI=1S/C23H23N5O2/c1-2-23(29)28-13-12-18(15-28)27-22-14-21(24-16-25-22)26-17-8-10-20(11-9-17)30-19-6-4-3-5-7-19/h2-11,14,16,18H,1,12-13,15H2,(H2,24,25,26,27). The quantitative estimate of drug-likeness (QED) is 0.578. The molecule has 1 atom stereocenters. The third-order valence-electron chi connectivity index (χ3n) is 4.80. The van der Waals surface area contributed by atoms with E-state index < -0.39 is 0 Å². The molecule has 2 heterocycles. The molecule has 2 aromatic carbocycles. The van der Waals surface area contributed by atoms with E-state index in [1.807, 2.05) is 60.7 Å². The summed E-state index contributed by atoms with van der Waals surface area (Å²) in [5.41, 5.74) is 0.892. The van der Waals surface area contributed by atoms with E-state index in [0.717, 1.165) is 36.0 Å². The summed E-state index contributed by atoms with van der Waals surface area (Å²) in [4.78, 5) is 22.1. The van der Waals surface area contributed by atoms with E-state index in [9.17, 15) is 4.79 Å². The second kappa shape index (κ2) is 9.09. The van der Waals surface area contributed by atoms with Crippen LogP contribution in [0.5, 0.6) is 11.5 Å². The number of aromatic nitrogens is 2. The van der Waals surface area contributed by atoms with Gasteiger partial charge in [0.2, 0.25) is 5.91 Å². The van der Waals surface area contributed by atoms with E-state index in [0.29, 0.717) is 12.4 Å². The van der Waals surface area contributed by atoms with Crippen molar-refractivity contribution < 1.29 is 9.53 Å². The number of carbonyl (C=O) groups is 1. The molecule has 0 radical (unpaired) electrons. The maximum atomic E-state index is 11.7. The number of ether oxygens (including phenoxy) is 1. The molecule has 3 aromatic rings. The third kappa shape index (κ3) is 4.94. The van der Waals surface area contributed by atoms with Gasteiger partial charge in [-0.25, -0.2) is 9.97 Å². The van der Waals surface area contributed by atoms with Crippen molar-refractivity contribution in [3.05, 3.63) is 79.6 Å². The van der Waals surface area contributed by atoms with Crippen LogP contribution in [0.1, 0.15) is 6.42 Å². The van der Waals surface area contributed by atoms with Gasteiger partial charge in [0.05, 0.1) is 0 Å². The molecule has 4 rings (SSSR count). The van der Waals surface area contributed by atoms with E-state index >= 15 is 0 Å². The fourth-order valence-electron chi connectivity index (χ4n) is 3.30. The van der Waals surface area contributed by atoms with Crippen molar-refractivity contribution in [1.82, 2.24) is 14.9 Å². The molecule has 2 N–H and O–H groups in total. The minimum absolute atomic E-state index is 0.0379. The Kier molecular flexibility index (Phi) is 5.89.